The molecule has 0 spiro atoms. The Hall–Kier alpha value is -0.493. The fourth-order valence-electron chi connectivity index (χ4n) is 2.01. The first-order valence-electron chi connectivity index (χ1n) is 7.54. The summed E-state index contributed by atoms with van der Waals surface area (Å²) in [5, 5.41) is 0. The second-order valence-corrected chi connectivity index (χ2v) is 7.84. The first-order valence-corrected chi connectivity index (χ1v) is 9.47. The highest BCUT2D eigenvalue weighted by Gasteiger charge is 2.38. The zero-order valence-electron chi connectivity index (χ0n) is 13.4. The Morgan fingerprint density at radius 3 is 2.20 bits per heavy atom. The minimum atomic E-state index is -2.66. The van der Waals surface area contributed by atoms with E-state index in [1.54, 1.807) is 20.3 Å². The Morgan fingerprint density at radius 1 is 1.05 bits per heavy atom. The lowest BCUT2D eigenvalue weighted by molar-refractivity contribution is -0.117. The van der Waals surface area contributed by atoms with Crippen molar-refractivity contribution >= 4 is 14.6 Å². The Bertz CT molecular complexity index is 275. The maximum absolute atomic E-state index is 11.5. The summed E-state index contributed by atoms with van der Waals surface area (Å²) >= 11 is 0. The second-order valence-electron chi connectivity index (χ2n) is 4.86. The number of carbonyl (C=O) groups excluding carboxylic acids is 1. The first-order chi connectivity index (χ1) is 9.64. The topological polar surface area (TPSA) is 44.8 Å². The summed E-state index contributed by atoms with van der Waals surface area (Å²) in [4.78, 5) is 11.5. The summed E-state index contributed by atoms with van der Waals surface area (Å²) in [7, 11) is 0.550. The van der Waals surface area contributed by atoms with Gasteiger partial charge in [0.1, 0.15) is 6.61 Å². The number of ketones is 1. The fraction of sp³-hybridized carbons (Fsp3) is 0.800. The fourth-order valence-corrected chi connectivity index (χ4v) is 4.01. The van der Waals surface area contributed by atoms with Crippen molar-refractivity contribution in [3.05, 3.63) is 12.2 Å². The number of allylic oxidation sites excluding steroid dienone is 1. The largest absolute Gasteiger partial charge is 0.500 e. The van der Waals surface area contributed by atoms with Gasteiger partial charge in [-0.2, -0.15) is 0 Å². The molecule has 0 fully saturated rings. The van der Waals surface area contributed by atoms with Crippen molar-refractivity contribution < 1.29 is 18.1 Å². The third-order valence-electron chi connectivity index (χ3n) is 3.25. The van der Waals surface area contributed by atoms with Crippen LogP contribution in [0.4, 0.5) is 0 Å². The summed E-state index contributed by atoms with van der Waals surface area (Å²) in [6.07, 6.45) is 10.5. The normalized spacial score (nSPS) is 12.2. The van der Waals surface area contributed by atoms with E-state index in [2.05, 4.69) is 6.92 Å². The lowest BCUT2D eigenvalue weighted by Gasteiger charge is -2.25. The maximum atomic E-state index is 11.5. The van der Waals surface area contributed by atoms with E-state index in [4.69, 9.17) is 13.3 Å². The van der Waals surface area contributed by atoms with Crippen LogP contribution < -0.4 is 0 Å². The highest BCUT2D eigenvalue weighted by molar-refractivity contribution is 6.60. The molecular formula is C15H30O4Si. The molecule has 0 N–H and O–H groups in total. The molecule has 0 saturated carbocycles. The standard InChI is InChI=1S/C15H30O4Si/c1-5-7-8-9-10-11-13-20(17-3,18-4)19-14-15(16)12-6-2/h6,12H,5,7-11,13-14H2,1-4H3. The molecule has 0 heterocycles. The molecule has 20 heavy (non-hydrogen) atoms. The average molecular weight is 302 g/mol. The molecule has 0 amide bonds. The van der Waals surface area contributed by atoms with Crippen LogP contribution in [0.25, 0.3) is 0 Å². The van der Waals surface area contributed by atoms with E-state index in [-0.39, 0.29) is 12.4 Å². The van der Waals surface area contributed by atoms with E-state index in [0.717, 1.165) is 18.9 Å². The summed E-state index contributed by atoms with van der Waals surface area (Å²) in [6, 6.07) is 0.773. The zero-order chi connectivity index (χ0) is 15.3. The van der Waals surface area contributed by atoms with Crippen LogP contribution in [0.3, 0.4) is 0 Å². The van der Waals surface area contributed by atoms with Gasteiger partial charge in [-0.05, 0) is 19.4 Å². The Kier molecular flexibility index (Phi) is 12.0. The van der Waals surface area contributed by atoms with Crippen molar-refractivity contribution in [2.24, 2.45) is 0 Å². The number of rotatable bonds is 13. The number of carbonyl (C=O) groups is 1. The van der Waals surface area contributed by atoms with Crippen LogP contribution in [-0.2, 0) is 18.1 Å². The molecule has 0 aliphatic carbocycles. The number of hydrogen-bond donors (Lipinski definition) is 0. The van der Waals surface area contributed by atoms with E-state index in [1.807, 2.05) is 6.92 Å². The van der Waals surface area contributed by atoms with Gasteiger partial charge in [0.15, 0.2) is 5.78 Å². The van der Waals surface area contributed by atoms with Gasteiger partial charge >= 0.3 is 8.80 Å². The van der Waals surface area contributed by atoms with Crippen molar-refractivity contribution in [3.8, 4) is 0 Å². The number of unbranched alkanes of at least 4 members (excludes halogenated alkanes) is 5. The van der Waals surface area contributed by atoms with Crippen LogP contribution >= 0.6 is 0 Å². The van der Waals surface area contributed by atoms with Gasteiger partial charge in [0.2, 0.25) is 0 Å². The summed E-state index contributed by atoms with van der Waals surface area (Å²) in [6.45, 7) is 4.06. The molecule has 5 heteroatoms. The van der Waals surface area contributed by atoms with E-state index in [0.29, 0.717) is 0 Å². The zero-order valence-corrected chi connectivity index (χ0v) is 14.4. The highest BCUT2D eigenvalue weighted by atomic mass is 28.4. The second kappa shape index (κ2) is 12.3. The predicted molar refractivity (Wildman–Crippen MR) is 83.7 cm³/mol. The molecule has 0 aromatic rings. The molecule has 0 saturated heterocycles. The monoisotopic (exact) mass is 302 g/mol. The van der Waals surface area contributed by atoms with Crippen LogP contribution in [0, 0.1) is 0 Å². The van der Waals surface area contributed by atoms with E-state index in [1.165, 1.54) is 31.8 Å². The molecule has 0 radical (unpaired) electrons. The van der Waals surface area contributed by atoms with Crippen molar-refractivity contribution in [2.45, 2.75) is 58.4 Å². The molecule has 0 rings (SSSR count). The summed E-state index contributed by atoms with van der Waals surface area (Å²) in [5.74, 6) is -0.0542. The van der Waals surface area contributed by atoms with Gasteiger partial charge < -0.3 is 13.3 Å². The van der Waals surface area contributed by atoms with Gasteiger partial charge in [0, 0.05) is 20.3 Å². The van der Waals surface area contributed by atoms with Gasteiger partial charge in [-0.3, -0.25) is 4.79 Å². The van der Waals surface area contributed by atoms with Crippen molar-refractivity contribution in [1.82, 2.24) is 0 Å². The van der Waals surface area contributed by atoms with Gasteiger partial charge in [-0.15, -0.1) is 0 Å². The van der Waals surface area contributed by atoms with E-state index < -0.39 is 8.80 Å². The van der Waals surface area contributed by atoms with Gasteiger partial charge in [-0.1, -0.05) is 45.1 Å². The molecule has 0 aromatic heterocycles. The molecule has 4 nitrogen and oxygen atoms in total. The minimum Gasteiger partial charge on any atom is -0.377 e. The molecule has 118 valence electrons. The predicted octanol–water partition coefficient (Wildman–Crippen LogP) is 3.74. The van der Waals surface area contributed by atoms with Crippen molar-refractivity contribution in [3.63, 3.8) is 0 Å². The SMILES string of the molecule is CC=CC(=O)CO[Si](CCCCCCCC)(OC)OC. The quantitative estimate of drug-likeness (QED) is 0.295. The van der Waals surface area contributed by atoms with E-state index >= 15 is 0 Å². The van der Waals surface area contributed by atoms with Gasteiger partial charge in [0.25, 0.3) is 0 Å². The first kappa shape index (κ1) is 19.5. The molecule has 0 atom stereocenters. The Labute approximate surface area is 124 Å². The Morgan fingerprint density at radius 2 is 1.65 bits per heavy atom. The summed E-state index contributed by atoms with van der Waals surface area (Å²) in [5.41, 5.74) is 0. The Balaban J connectivity index is 4.07. The van der Waals surface area contributed by atoms with Crippen LogP contribution in [0.2, 0.25) is 6.04 Å². The van der Waals surface area contributed by atoms with E-state index in [9.17, 15) is 4.79 Å². The third-order valence-corrected chi connectivity index (χ3v) is 6.04. The molecule has 0 bridgehead atoms. The van der Waals surface area contributed by atoms with Crippen molar-refractivity contribution in [1.29, 1.82) is 0 Å². The van der Waals surface area contributed by atoms with Crippen LogP contribution in [0.1, 0.15) is 52.4 Å². The molecule has 0 aliphatic heterocycles. The minimum absolute atomic E-state index is 0.0358. The van der Waals surface area contributed by atoms with Gasteiger partial charge in [-0.25, -0.2) is 0 Å². The van der Waals surface area contributed by atoms with Crippen molar-refractivity contribution in [2.75, 3.05) is 20.8 Å². The smallest absolute Gasteiger partial charge is 0.377 e. The maximum Gasteiger partial charge on any atom is 0.500 e. The molecular weight excluding hydrogens is 272 g/mol. The highest BCUT2D eigenvalue weighted by Crippen LogP contribution is 2.19. The van der Waals surface area contributed by atoms with Gasteiger partial charge in [0.05, 0.1) is 0 Å². The number of hydrogen-bond acceptors (Lipinski definition) is 4. The molecule has 0 aromatic carbocycles. The van der Waals surface area contributed by atoms with Crippen LogP contribution in [0.15, 0.2) is 12.2 Å². The van der Waals surface area contributed by atoms with Crippen LogP contribution in [0.5, 0.6) is 0 Å². The summed E-state index contributed by atoms with van der Waals surface area (Å²) < 4.78 is 16.6. The van der Waals surface area contributed by atoms with Crippen LogP contribution in [-0.4, -0.2) is 35.4 Å². The lowest BCUT2D eigenvalue weighted by atomic mass is 10.1. The third kappa shape index (κ3) is 8.63. The average Bonchev–Trinajstić information content (AvgIpc) is 2.46. The molecule has 0 unspecified atom stereocenters. The lowest BCUT2D eigenvalue weighted by Crippen LogP contribution is -2.44. The molecule has 0 aliphatic rings.